The van der Waals surface area contributed by atoms with Gasteiger partial charge in [-0.3, -0.25) is 4.79 Å². The van der Waals surface area contributed by atoms with Crippen molar-refractivity contribution in [2.75, 3.05) is 21.2 Å². The Balaban J connectivity index is 2.43. The summed E-state index contributed by atoms with van der Waals surface area (Å²) in [6.07, 6.45) is 3.79. The van der Waals surface area contributed by atoms with Gasteiger partial charge in [-0.1, -0.05) is 0 Å². The van der Waals surface area contributed by atoms with Crippen LogP contribution in [0, 0.1) is 0 Å². The van der Waals surface area contributed by atoms with Crippen LogP contribution < -0.4 is 0 Å². The van der Waals surface area contributed by atoms with E-state index in [1.54, 1.807) is 26.1 Å². The van der Waals surface area contributed by atoms with E-state index < -0.39 is 0 Å². The summed E-state index contributed by atoms with van der Waals surface area (Å²) in [5.41, 5.74) is -0.124. The van der Waals surface area contributed by atoms with Crippen LogP contribution in [0.25, 0.3) is 0 Å². The zero-order valence-corrected chi connectivity index (χ0v) is 8.09. The van der Waals surface area contributed by atoms with Gasteiger partial charge in [0.2, 0.25) is 5.91 Å². The van der Waals surface area contributed by atoms with Gasteiger partial charge >= 0.3 is 0 Å². The Hall–Kier alpha value is -0.570. The van der Waals surface area contributed by atoms with Crippen LogP contribution >= 0.6 is 0 Å². The first-order valence-electron chi connectivity index (χ1n) is 4.35. The van der Waals surface area contributed by atoms with E-state index in [1.165, 1.54) is 6.42 Å². The Bertz CT molecular complexity index is 168. The summed E-state index contributed by atoms with van der Waals surface area (Å²) in [6.45, 7) is 0. The van der Waals surface area contributed by atoms with Crippen molar-refractivity contribution in [2.45, 2.75) is 31.3 Å². The third-order valence-corrected chi connectivity index (χ3v) is 2.67. The Morgan fingerprint density at radius 2 is 2.08 bits per heavy atom. The maximum atomic E-state index is 11.4. The van der Waals surface area contributed by atoms with Gasteiger partial charge in [-0.2, -0.15) is 0 Å². The zero-order chi connectivity index (χ0) is 9.19. The second-order valence-corrected chi connectivity index (χ2v) is 3.71. The molecule has 70 valence electrons. The van der Waals surface area contributed by atoms with Crippen molar-refractivity contribution in [3.8, 4) is 0 Å². The molecule has 0 aromatic rings. The molecule has 1 rings (SSSR count). The molecule has 1 amide bonds. The summed E-state index contributed by atoms with van der Waals surface area (Å²) >= 11 is 0. The molecule has 1 aliphatic carbocycles. The number of ether oxygens (including phenoxy) is 1. The molecule has 0 N–H and O–H groups in total. The SMILES string of the molecule is COC1(CC(=O)N(C)C)CCC1. The summed E-state index contributed by atoms with van der Waals surface area (Å²) in [7, 11) is 5.26. The van der Waals surface area contributed by atoms with Gasteiger partial charge in [-0.15, -0.1) is 0 Å². The van der Waals surface area contributed by atoms with Crippen molar-refractivity contribution in [1.29, 1.82) is 0 Å². The van der Waals surface area contributed by atoms with Gasteiger partial charge in [0, 0.05) is 21.2 Å². The number of methoxy groups -OCH3 is 1. The second-order valence-electron chi connectivity index (χ2n) is 3.71. The van der Waals surface area contributed by atoms with Crippen LogP contribution in [0.4, 0.5) is 0 Å². The molecule has 0 aliphatic heterocycles. The zero-order valence-electron chi connectivity index (χ0n) is 8.09. The molecule has 0 aromatic carbocycles. The van der Waals surface area contributed by atoms with Gasteiger partial charge in [0.05, 0.1) is 12.0 Å². The number of carbonyl (C=O) groups excluding carboxylic acids is 1. The van der Waals surface area contributed by atoms with Crippen molar-refractivity contribution >= 4 is 5.91 Å². The van der Waals surface area contributed by atoms with Crippen LogP contribution in [-0.4, -0.2) is 37.6 Å². The van der Waals surface area contributed by atoms with Crippen molar-refractivity contribution in [3.63, 3.8) is 0 Å². The molecule has 0 heterocycles. The lowest BCUT2D eigenvalue weighted by Gasteiger charge is -2.40. The van der Waals surface area contributed by atoms with E-state index in [2.05, 4.69) is 0 Å². The quantitative estimate of drug-likeness (QED) is 0.635. The highest BCUT2D eigenvalue weighted by Gasteiger charge is 2.39. The van der Waals surface area contributed by atoms with Gasteiger partial charge in [0.1, 0.15) is 0 Å². The van der Waals surface area contributed by atoms with Crippen LogP contribution in [-0.2, 0) is 9.53 Å². The van der Waals surface area contributed by atoms with E-state index in [-0.39, 0.29) is 11.5 Å². The smallest absolute Gasteiger partial charge is 0.224 e. The van der Waals surface area contributed by atoms with Gasteiger partial charge in [-0.25, -0.2) is 0 Å². The molecule has 0 bridgehead atoms. The average Bonchev–Trinajstić information content (AvgIpc) is 1.96. The minimum absolute atomic E-state index is 0.124. The number of nitrogens with zero attached hydrogens (tertiary/aromatic N) is 1. The third kappa shape index (κ3) is 1.78. The Morgan fingerprint density at radius 1 is 1.50 bits per heavy atom. The van der Waals surface area contributed by atoms with Crippen molar-refractivity contribution < 1.29 is 9.53 Å². The van der Waals surface area contributed by atoms with E-state index in [0.717, 1.165) is 12.8 Å². The highest BCUT2D eigenvalue weighted by atomic mass is 16.5. The Morgan fingerprint density at radius 3 is 2.33 bits per heavy atom. The van der Waals surface area contributed by atoms with E-state index >= 15 is 0 Å². The molecule has 0 aromatic heterocycles. The van der Waals surface area contributed by atoms with Gasteiger partial charge in [-0.05, 0) is 19.3 Å². The average molecular weight is 171 g/mol. The predicted molar refractivity (Wildman–Crippen MR) is 46.9 cm³/mol. The van der Waals surface area contributed by atoms with Gasteiger partial charge in [0.15, 0.2) is 0 Å². The van der Waals surface area contributed by atoms with E-state index in [0.29, 0.717) is 6.42 Å². The summed E-state index contributed by atoms with van der Waals surface area (Å²) in [4.78, 5) is 13.0. The van der Waals surface area contributed by atoms with Crippen molar-refractivity contribution in [1.82, 2.24) is 4.90 Å². The van der Waals surface area contributed by atoms with Crippen LogP contribution in [0.5, 0.6) is 0 Å². The van der Waals surface area contributed by atoms with Crippen LogP contribution in [0.2, 0.25) is 0 Å². The van der Waals surface area contributed by atoms with Crippen LogP contribution in [0.3, 0.4) is 0 Å². The molecule has 3 heteroatoms. The monoisotopic (exact) mass is 171 g/mol. The number of amides is 1. The first-order chi connectivity index (χ1) is 5.59. The molecular weight excluding hydrogens is 154 g/mol. The van der Waals surface area contributed by atoms with Crippen LogP contribution in [0.15, 0.2) is 0 Å². The molecular formula is C9H17NO2. The molecule has 1 aliphatic rings. The number of hydrogen-bond donors (Lipinski definition) is 0. The van der Waals surface area contributed by atoms with E-state index in [4.69, 9.17) is 4.74 Å². The fourth-order valence-electron chi connectivity index (χ4n) is 1.46. The molecule has 0 unspecified atom stereocenters. The number of rotatable bonds is 3. The normalized spacial score (nSPS) is 19.9. The highest BCUT2D eigenvalue weighted by Crippen LogP contribution is 2.38. The molecule has 0 spiro atoms. The first-order valence-corrected chi connectivity index (χ1v) is 4.35. The molecule has 1 fully saturated rings. The van der Waals surface area contributed by atoms with E-state index in [9.17, 15) is 4.79 Å². The van der Waals surface area contributed by atoms with Crippen molar-refractivity contribution in [3.05, 3.63) is 0 Å². The van der Waals surface area contributed by atoms with Crippen LogP contribution in [0.1, 0.15) is 25.7 Å². The van der Waals surface area contributed by atoms with Gasteiger partial charge < -0.3 is 9.64 Å². The third-order valence-electron chi connectivity index (χ3n) is 2.67. The molecule has 0 radical (unpaired) electrons. The molecule has 3 nitrogen and oxygen atoms in total. The molecule has 1 saturated carbocycles. The number of hydrogen-bond acceptors (Lipinski definition) is 2. The predicted octanol–water partition coefficient (Wildman–Crippen LogP) is 1.03. The summed E-state index contributed by atoms with van der Waals surface area (Å²) in [6, 6.07) is 0. The van der Waals surface area contributed by atoms with Crippen molar-refractivity contribution in [2.24, 2.45) is 0 Å². The van der Waals surface area contributed by atoms with E-state index in [1.807, 2.05) is 0 Å². The Kier molecular flexibility index (Phi) is 2.73. The fraction of sp³-hybridized carbons (Fsp3) is 0.889. The first kappa shape index (κ1) is 9.52. The highest BCUT2D eigenvalue weighted by molar-refractivity contribution is 5.76. The maximum absolute atomic E-state index is 11.4. The fourth-order valence-corrected chi connectivity index (χ4v) is 1.46. The maximum Gasteiger partial charge on any atom is 0.224 e. The lowest BCUT2D eigenvalue weighted by molar-refractivity contribution is -0.141. The summed E-state index contributed by atoms with van der Waals surface area (Å²) in [5, 5.41) is 0. The summed E-state index contributed by atoms with van der Waals surface area (Å²) < 4.78 is 5.35. The molecule has 0 atom stereocenters. The topological polar surface area (TPSA) is 29.5 Å². The minimum Gasteiger partial charge on any atom is -0.378 e. The standard InChI is InChI=1S/C9H17NO2/c1-10(2)8(11)7-9(12-3)5-4-6-9/h4-7H2,1-3H3. The molecule has 12 heavy (non-hydrogen) atoms. The lowest BCUT2D eigenvalue weighted by Crippen LogP contribution is -2.43. The van der Waals surface area contributed by atoms with Gasteiger partial charge in [0.25, 0.3) is 0 Å². The Labute approximate surface area is 73.7 Å². The lowest BCUT2D eigenvalue weighted by atomic mass is 9.77. The summed E-state index contributed by atoms with van der Waals surface area (Å²) in [5.74, 6) is 0.163. The largest absolute Gasteiger partial charge is 0.378 e. The number of carbonyl (C=O) groups is 1. The molecule has 0 saturated heterocycles. The minimum atomic E-state index is -0.124. The second kappa shape index (κ2) is 3.44.